The van der Waals surface area contributed by atoms with Gasteiger partial charge in [-0.1, -0.05) is 37.3 Å². The monoisotopic (exact) mass is 386 g/mol. The highest BCUT2D eigenvalue weighted by Crippen LogP contribution is 2.36. The molecule has 2 aromatic carbocycles. The van der Waals surface area contributed by atoms with Crippen LogP contribution in [0.4, 0.5) is 8.78 Å². The van der Waals surface area contributed by atoms with Crippen LogP contribution in [0.1, 0.15) is 56.1 Å². The molecule has 0 aliphatic heterocycles. The molecule has 0 bridgehead atoms. The zero-order chi connectivity index (χ0) is 19.9. The van der Waals surface area contributed by atoms with Crippen molar-refractivity contribution in [1.29, 1.82) is 0 Å². The molecule has 2 aromatic rings. The summed E-state index contributed by atoms with van der Waals surface area (Å²) in [6, 6.07) is 11.1. The second kappa shape index (κ2) is 9.72. The van der Waals surface area contributed by atoms with E-state index in [2.05, 4.69) is 24.8 Å². The Kier molecular flexibility index (Phi) is 7.07. The van der Waals surface area contributed by atoms with Crippen LogP contribution in [-0.4, -0.2) is 6.61 Å². The average molecular weight is 386 g/mol. The van der Waals surface area contributed by atoms with Crippen molar-refractivity contribution in [3.05, 3.63) is 71.8 Å². The van der Waals surface area contributed by atoms with Gasteiger partial charge in [0, 0.05) is 0 Å². The number of hydrogen-bond donors (Lipinski definition) is 0. The van der Waals surface area contributed by atoms with E-state index in [0.29, 0.717) is 18.4 Å². The zero-order valence-electron chi connectivity index (χ0n) is 16.4. The number of halogens is 2. The molecular formula is C24H28F2O2. The van der Waals surface area contributed by atoms with E-state index in [0.717, 1.165) is 12.0 Å². The van der Waals surface area contributed by atoms with Crippen LogP contribution in [0, 0.1) is 17.6 Å². The van der Waals surface area contributed by atoms with Crippen molar-refractivity contribution in [3.8, 4) is 11.5 Å². The van der Waals surface area contributed by atoms with E-state index in [9.17, 15) is 8.78 Å². The van der Waals surface area contributed by atoms with Crippen molar-refractivity contribution in [2.75, 3.05) is 6.61 Å². The Morgan fingerprint density at radius 3 is 2.11 bits per heavy atom. The van der Waals surface area contributed by atoms with E-state index in [4.69, 9.17) is 9.47 Å². The summed E-state index contributed by atoms with van der Waals surface area (Å²) in [6.07, 6.45) is 7.56. The summed E-state index contributed by atoms with van der Waals surface area (Å²) in [5.74, 6) is -0.956. The highest BCUT2D eigenvalue weighted by molar-refractivity contribution is 5.35. The highest BCUT2D eigenvalue weighted by atomic mass is 19.2. The number of rotatable bonds is 8. The lowest BCUT2D eigenvalue weighted by molar-refractivity contribution is 0.269. The summed E-state index contributed by atoms with van der Waals surface area (Å²) in [5.41, 5.74) is 2.26. The number of benzene rings is 2. The standard InChI is InChI=1S/C24H28F2O2/c1-3-15-27-21-13-14-22(24(26)23(21)25)28-16-18-7-11-20(12-8-18)19-9-5-17(4-2)6-10-19/h4,7-8,11-14,17,19H,2-3,5-6,9-10,15-16H2,1H3. The quantitative estimate of drug-likeness (QED) is 0.465. The van der Waals surface area contributed by atoms with Crippen molar-refractivity contribution >= 4 is 0 Å². The van der Waals surface area contributed by atoms with Crippen LogP contribution in [0.2, 0.25) is 0 Å². The third-order valence-corrected chi connectivity index (χ3v) is 5.42. The molecule has 0 saturated heterocycles. The maximum atomic E-state index is 14.2. The number of allylic oxidation sites excluding steroid dienone is 1. The van der Waals surface area contributed by atoms with Gasteiger partial charge in [0.2, 0.25) is 11.6 Å². The van der Waals surface area contributed by atoms with Crippen LogP contribution in [-0.2, 0) is 6.61 Å². The number of hydrogen-bond acceptors (Lipinski definition) is 2. The Morgan fingerprint density at radius 1 is 0.929 bits per heavy atom. The second-order valence-electron chi connectivity index (χ2n) is 7.42. The van der Waals surface area contributed by atoms with Crippen molar-refractivity contribution in [2.45, 2.75) is 51.6 Å². The Bertz CT molecular complexity index is 778. The van der Waals surface area contributed by atoms with Gasteiger partial charge in [-0.15, -0.1) is 6.58 Å². The van der Waals surface area contributed by atoms with E-state index in [1.165, 1.54) is 43.4 Å². The Hall–Kier alpha value is -2.36. The van der Waals surface area contributed by atoms with E-state index >= 15 is 0 Å². The van der Waals surface area contributed by atoms with Gasteiger partial charge >= 0.3 is 0 Å². The molecule has 0 amide bonds. The van der Waals surface area contributed by atoms with Gasteiger partial charge in [-0.2, -0.15) is 8.78 Å². The minimum atomic E-state index is -1.01. The van der Waals surface area contributed by atoms with E-state index in [1.807, 2.05) is 19.1 Å². The molecule has 4 heteroatoms. The molecule has 1 fully saturated rings. The van der Waals surface area contributed by atoms with Crippen LogP contribution in [0.3, 0.4) is 0 Å². The largest absolute Gasteiger partial charge is 0.490 e. The smallest absolute Gasteiger partial charge is 0.204 e. The van der Waals surface area contributed by atoms with Crippen molar-refractivity contribution in [1.82, 2.24) is 0 Å². The fourth-order valence-electron chi connectivity index (χ4n) is 3.68. The highest BCUT2D eigenvalue weighted by Gasteiger charge is 2.20. The third-order valence-electron chi connectivity index (χ3n) is 5.42. The van der Waals surface area contributed by atoms with E-state index in [-0.39, 0.29) is 18.1 Å². The SMILES string of the molecule is C=CC1CCC(c2ccc(COc3ccc(OCCC)c(F)c3F)cc2)CC1. The molecule has 28 heavy (non-hydrogen) atoms. The first kappa shape index (κ1) is 20.4. The van der Waals surface area contributed by atoms with Gasteiger partial charge in [-0.05, 0) is 67.2 Å². The topological polar surface area (TPSA) is 18.5 Å². The second-order valence-corrected chi connectivity index (χ2v) is 7.42. The lowest BCUT2D eigenvalue weighted by atomic mass is 9.79. The first-order chi connectivity index (χ1) is 13.6. The molecule has 1 saturated carbocycles. The molecule has 2 nitrogen and oxygen atoms in total. The van der Waals surface area contributed by atoms with Crippen molar-refractivity contribution in [2.24, 2.45) is 5.92 Å². The molecule has 0 unspecified atom stereocenters. The maximum absolute atomic E-state index is 14.2. The lowest BCUT2D eigenvalue weighted by Crippen LogP contribution is -2.11. The van der Waals surface area contributed by atoms with Crippen LogP contribution < -0.4 is 9.47 Å². The van der Waals surface area contributed by atoms with Gasteiger partial charge in [0.1, 0.15) is 6.61 Å². The fraction of sp³-hybridized carbons (Fsp3) is 0.417. The minimum absolute atomic E-state index is 0.0813. The fourth-order valence-corrected chi connectivity index (χ4v) is 3.68. The zero-order valence-corrected chi connectivity index (χ0v) is 16.4. The van der Waals surface area contributed by atoms with Crippen molar-refractivity contribution < 1.29 is 18.3 Å². The Labute approximate surface area is 166 Å². The molecule has 0 atom stereocenters. The summed E-state index contributed by atoms with van der Waals surface area (Å²) in [4.78, 5) is 0. The summed E-state index contributed by atoms with van der Waals surface area (Å²) < 4.78 is 38.9. The van der Waals surface area contributed by atoms with E-state index < -0.39 is 11.6 Å². The van der Waals surface area contributed by atoms with Gasteiger partial charge in [0.15, 0.2) is 11.5 Å². The molecule has 3 rings (SSSR count). The normalized spacial score (nSPS) is 19.2. The van der Waals surface area contributed by atoms with Gasteiger partial charge in [-0.3, -0.25) is 0 Å². The summed E-state index contributed by atoms with van der Waals surface area (Å²) in [7, 11) is 0. The summed E-state index contributed by atoms with van der Waals surface area (Å²) >= 11 is 0. The molecule has 0 spiro atoms. The first-order valence-electron chi connectivity index (χ1n) is 10.1. The molecule has 0 N–H and O–H groups in total. The molecular weight excluding hydrogens is 358 g/mol. The van der Waals surface area contributed by atoms with Crippen LogP contribution in [0.15, 0.2) is 49.1 Å². The predicted octanol–water partition coefficient (Wildman–Crippen LogP) is 6.79. The molecule has 0 heterocycles. The average Bonchev–Trinajstić information content (AvgIpc) is 2.74. The molecule has 1 aliphatic carbocycles. The van der Waals surface area contributed by atoms with Gasteiger partial charge < -0.3 is 9.47 Å². The van der Waals surface area contributed by atoms with Crippen LogP contribution in [0.5, 0.6) is 11.5 Å². The summed E-state index contributed by atoms with van der Waals surface area (Å²) in [5, 5.41) is 0. The Balaban J connectivity index is 1.58. The first-order valence-corrected chi connectivity index (χ1v) is 10.1. The molecule has 1 aliphatic rings. The van der Waals surface area contributed by atoms with Gasteiger partial charge in [0.05, 0.1) is 6.61 Å². The van der Waals surface area contributed by atoms with Crippen molar-refractivity contribution in [3.63, 3.8) is 0 Å². The minimum Gasteiger partial charge on any atom is -0.490 e. The van der Waals surface area contributed by atoms with Gasteiger partial charge in [0.25, 0.3) is 0 Å². The predicted molar refractivity (Wildman–Crippen MR) is 108 cm³/mol. The van der Waals surface area contributed by atoms with Gasteiger partial charge in [-0.25, -0.2) is 0 Å². The van der Waals surface area contributed by atoms with Crippen LogP contribution >= 0.6 is 0 Å². The third kappa shape index (κ3) is 4.92. The maximum Gasteiger partial charge on any atom is 0.204 e. The lowest BCUT2D eigenvalue weighted by Gasteiger charge is -2.27. The van der Waals surface area contributed by atoms with E-state index in [1.54, 1.807) is 0 Å². The Morgan fingerprint density at radius 2 is 1.54 bits per heavy atom. The van der Waals surface area contributed by atoms with Crippen LogP contribution in [0.25, 0.3) is 0 Å². The molecule has 150 valence electrons. The summed E-state index contributed by atoms with van der Waals surface area (Å²) in [6.45, 7) is 6.34. The number of ether oxygens (including phenoxy) is 2. The molecule has 0 aromatic heterocycles. The molecule has 0 radical (unpaired) electrons.